The number of hydrogen-bond acceptors (Lipinski definition) is 4. The highest BCUT2D eigenvalue weighted by molar-refractivity contribution is 6.08. The Kier molecular flexibility index (Phi) is 5.05. The molecule has 0 spiro atoms. The van der Waals surface area contributed by atoms with Crippen molar-refractivity contribution in [1.82, 2.24) is 0 Å². The molecule has 0 saturated heterocycles. The lowest BCUT2D eigenvalue weighted by Gasteiger charge is -2.12. The Bertz CT molecular complexity index is 438. The maximum atomic E-state index is 12.1. The molecule has 18 heavy (non-hydrogen) atoms. The number of esters is 1. The third-order valence-corrected chi connectivity index (χ3v) is 2.51. The number of rotatable bonds is 6. The van der Waals surface area contributed by atoms with E-state index in [1.807, 2.05) is 0 Å². The fourth-order valence-corrected chi connectivity index (χ4v) is 1.57. The Labute approximate surface area is 104 Å². The SMILES string of the molecule is COC(=O)[C@H](CCC(=O)O)C(=O)c1ccccc1. The van der Waals surface area contributed by atoms with Gasteiger partial charge < -0.3 is 9.84 Å². The molecule has 5 nitrogen and oxygen atoms in total. The van der Waals surface area contributed by atoms with Gasteiger partial charge in [-0.2, -0.15) is 0 Å². The van der Waals surface area contributed by atoms with E-state index in [2.05, 4.69) is 4.74 Å². The van der Waals surface area contributed by atoms with Crippen molar-refractivity contribution in [1.29, 1.82) is 0 Å². The first-order chi connectivity index (χ1) is 8.56. The van der Waals surface area contributed by atoms with Gasteiger partial charge in [-0.3, -0.25) is 14.4 Å². The molecule has 0 amide bonds. The van der Waals surface area contributed by atoms with Crippen molar-refractivity contribution in [3.05, 3.63) is 35.9 Å². The number of benzene rings is 1. The minimum atomic E-state index is -1.06. The van der Waals surface area contributed by atoms with Crippen molar-refractivity contribution in [2.75, 3.05) is 7.11 Å². The highest BCUT2D eigenvalue weighted by atomic mass is 16.5. The van der Waals surface area contributed by atoms with Gasteiger partial charge in [0.25, 0.3) is 0 Å². The van der Waals surface area contributed by atoms with Gasteiger partial charge >= 0.3 is 11.9 Å². The lowest BCUT2D eigenvalue weighted by atomic mass is 9.93. The van der Waals surface area contributed by atoms with Crippen LogP contribution < -0.4 is 0 Å². The summed E-state index contributed by atoms with van der Waals surface area (Å²) in [5.41, 5.74) is 0.373. The van der Waals surface area contributed by atoms with Crippen LogP contribution in [0.3, 0.4) is 0 Å². The van der Waals surface area contributed by atoms with Gasteiger partial charge in [-0.15, -0.1) is 0 Å². The number of aliphatic carboxylic acids is 1. The standard InChI is InChI=1S/C13H14O5/c1-18-13(17)10(7-8-11(14)15)12(16)9-5-3-2-4-6-9/h2-6,10H,7-8H2,1H3,(H,14,15)/t10-/m1/s1. The molecule has 1 aromatic carbocycles. The third kappa shape index (κ3) is 3.69. The zero-order valence-electron chi connectivity index (χ0n) is 9.96. The van der Waals surface area contributed by atoms with Gasteiger partial charge in [0.05, 0.1) is 7.11 Å². The molecule has 0 bridgehead atoms. The molecule has 0 unspecified atom stereocenters. The van der Waals surface area contributed by atoms with Gasteiger partial charge in [0, 0.05) is 12.0 Å². The van der Waals surface area contributed by atoms with Crippen LogP contribution in [0.5, 0.6) is 0 Å². The normalized spacial score (nSPS) is 11.6. The number of carboxylic acids is 1. The predicted molar refractivity (Wildman–Crippen MR) is 63.1 cm³/mol. The topological polar surface area (TPSA) is 80.7 Å². The van der Waals surface area contributed by atoms with E-state index in [0.29, 0.717) is 5.56 Å². The molecule has 1 aromatic rings. The van der Waals surface area contributed by atoms with Crippen LogP contribution in [-0.4, -0.2) is 29.9 Å². The second-order valence-electron chi connectivity index (χ2n) is 3.74. The lowest BCUT2D eigenvalue weighted by molar-refractivity contribution is -0.144. The first-order valence-electron chi connectivity index (χ1n) is 5.45. The molecule has 0 aliphatic rings. The van der Waals surface area contributed by atoms with Gasteiger partial charge in [-0.05, 0) is 6.42 Å². The molecule has 0 aliphatic heterocycles. The van der Waals surface area contributed by atoms with Crippen molar-refractivity contribution in [3.63, 3.8) is 0 Å². The smallest absolute Gasteiger partial charge is 0.316 e. The number of carbonyl (C=O) groups excluding carboxylic acids is 2. The monoisotopic (exact) mass is 250 g/mol. The maximum Gasteiger partial charge on any atom is 0.316 e. The summed E-state index contributed by atoms with van der Waals surface area (Å²) in [4.78, 5) is 34.1. The molecule has 0 heterocycles. The van der Waals surface area contributed by atoms with Crippen molar-refractivity contribution < 1.29 is 24.2 Å². The Morgan fingerprint density at radius 2 is 1.83 bits per heavy atom. The largest absolute Gasteiger partial charge is 0.481 e. The second-order valence-corrected chi connectivity index (χ2v) is 3.74. The molecule has 0 fully saturated rings. The molecule has 0 radical (unpaired) electrons. The average Bonchev–Trinajstić information content (AvgIpc) is 2.39. The highest BCUT2D eigenvalue weighted by Crippen LogP contribution is 2.16. The van der Waals surface area contributed by atoms with Crippen LogP contribution >= 0.6 is 0 Å². The fraction of sp³-hybridized carbons (Fsp3) is 0.308. The van der Waals surface area contributed by atoms with Gasteiger partial charge in [-0.1, -0.05) is 30.3 Å². The zero-order valence-corrected chi connectivity index (χ0v) is 9.96. The van der Waals surface area contributed by atoms with Gasteiger partial charge in [0.1, 0.15) is 5.92 Å². The van der Waals surface area contributed by atoms with Crippen LogP contribution in [0.15, 0.2) is 30.3 Å². The number of hydrogen-bond donors (Lipinski definition) is 1. The molecule has 5 heteroatoms. The van der Waals surface area contributed by atoms with E-state index in [4.69, 9.17) is 5.11 Å². The van der Waals surface area contributed by atoms with Crippen molar-refractivity contribution >= 4 is 17.7 Å². The summed E-state index contributed by atoms with van der Waals surface area (Å²) >= 11 is 0. The summed E-state index contributed by atoms with van der Waals surface area (Å²) in [6, 6.07) is 8.27. The highest BCUT2D eigenvalue weighted by Gasteiger charge is 2.28. The van der Waals surface area contributed by atoms with Crippen LogP contribution in [-0.2, 0) is 14.3 Å². The molecular weight excluding hydrogens is 236 g/mol. The third-order valence-electron chi connectivity index (χ3n) is 2.51. The van der Waals surface area contributed by atoms with Gasteiger partial charge in [-0.25, -0.2) is 0 Å². The maximum absolute atomic E-state index is 12.1. The summed E-state index contributed by atoms with van der Waals surface area (Å²) in [5.74, 6) is -3.23. The quantitative estimate of drug-likeness (QED) is 0.470. The van der Waals surface area contributed by atoms with Gasteiger partial charge in [0.2, 0.25) is 0 Å². The van der Waals surface area contributed by atoms with E-state index in [1.165, 1.54) is 7.11 Å². The lowest BCUT2D eigenvalue weighted by Crippen LogP contribution is -2.26. The summed E-state index contributed by atoms with van der Waals surface area (Å²) in [6.07, 6.45) is -0.311. The fourth-order valence-electron chi connectivity index (χ4n) is 1.57. The van der Waals surface area contributed by atoms with Crippen LogP contribution in [0.1, 0.15) is 23.2 Å². The van der Waals surface area contributed by atoms with E-state index < -0.39 is 23.6 Å². The van der Waals surface area contributed by atoms with E-state index in [-0.39, 0.29) is 12.8 Å². The molecule has 1 atom stereocenters. The predicted octanol–water partition coefficient (Wildman–Crippen LogP) is 1.52. The van der Waals surface area contributed by atoms with Crippen LogP contribution in [0, 0.1) is 5.92 Å². The van der Waals surface area contributed by atoms with E-state index in [0.717, 1.165) is 0 Å². The Morgan fingerprint density at radius 3 is 2.33 bits per heavy atom. The number of carbonyl (C=O) groups is 3. The first-order valence-corrected chi connectivity index (χ1v) is 5.45. The number of ether oxygens (including phenoxy) is 1. The Morgan fingerprint density at radius 1 is 1.22 bits per heavy atom. The molecule has 0 aliphatic carbocycles. The minimum absolute atomic E-state index is 0.0598. The number of Topliss-reactive ketones (excluding diaryl/α,β-unsaturated/α-hetero) is 1. The van der Waals surface area contributed by atoms with Crippen LogP contribution in [0.2, 0.25) is 0 Å². The van der Waals surface area contributed by atoms with E-state index in [1.54, 1.807) is 30.3 Å². The van der Waals surface area contributed by atoms with Crippen LogP contribution in [0.4, 0.5) is 0 Å². The van der Waals surface area contributed by atoms with Crippen molar-refractivity contribution in [2.45, 2.75) is 12.8 Å². The first kappa shape index (κ1) is 13.9. The van der Waals surface area contributed by atoms with Crippen molar-refractivity contribution in [2.24, 2.45) is 5.92 Å². The second kappa shape index (κ2) is 6.54. The molecule has 1 N–H and O–H groups in total. The summed E-state index contributed by atoms with van der Waals surface area (Å²) < 4.78 is 4.53. The zero-order chi connectivity index (χ0) is 13.5. The molecular formula is C13H14O5. The summed E-state index contributed by atoms with van der Waals surface area (Å²) in [5, 5.41) is 8.61. The summed E-state index contributed by atoms with van der Waals surface area (Å²) in [7, 11) is 1.17. The molecule has 0 saturated carbocycles. The molecule has 1 rings (SSSR count). The minimum Gasteiger partial charge on any atom is -0.481 e. The Balaban J connectivity index is 2.86. The molecule has 96 valence electrons. The molecule has 0 aromatic heterocycles. The average molecular weight is 250 g/mol. The van der Waals surface area contributed by atoms with Gasteiger partial charge in [0.15, 0.2) is 5.78 Å². The van der Waals surface area contributed by atoms with Crippen LogP contribution in [0.25, 0.3) is 0 Å². The number of carboxylic acid groups (broad SMARTS) is 1. The Hall–Kier alpha value is -2.17. The number of methoxy groups -OCH3 is 1. The van der Waals surface area contributed by atoms with E-state index >= 15 is 0 Å². The van der Waals surface area contributed by atoms with E-state index in [9.17, 15) is 14.4 Å². The summed E-state index contributed by atoms with van der Waals surface area (Å²) in [6.45, 7) is 0. The number of ketones is 1. The van der Waals surface area contributed by atoms with Crippen molar-refractivity contribution in [3.8, 4) is 0 Å².